The summed E-state index contributed by atoms with van der Waals surface area (Å²) in [6.07, 6.45) is 1.56. The van der Waals surface area contributed by atoms with Crippen molar-refractivity contribution in [3.63, 3.8) is 0 Å². The van der Waals surface area contributed by atoms with Crippen LogP contribution in [-0.2, 0) is 9.47 Å². The van der Waals surface area contributed by atoms with Gasteiger partial charge in [0.25, 0.3) is 0 Å². The van der Waals surface area contributed by atoms with Crippen molar-refractivity contribution in [2.75, 3.05) is 46.5 Å². The van der Waals surface area contributed by atoms with Crippen molar-refractivity contribution in [3.8, 4) is 0 Å². The molecule has 1 aliphatic carbocycles. The predicted octanol–water partition coefficient (Wildman–Crippen LogP) is 1.32. The van der Waals surface area contributed by atoms with Crippen LogP contribution in [0.5, 0.6) is 0 Å². The third kappa shape index (κ3) is 3.81. The molecule has 6 heteroatoms. The van der Waals surface area contributed by atoms with Gasteiger partial charge < -0.3 is 20.1 Å². The van der Waals surface area contributed by atoms with Crippen LogP contribution >= 0.6 is 0 Å². The van der Waals surface area contributed by atoms with Crippen molar-refractivity contribution in [3.05, 3.63) is 0 Å². The van der Waals surface area contributed by atoms with E-state index >= 15 is 0 Å². The molecule has 4 atom stereocenters. The first-order chi connectivity index (χ1) is 11.9. The average Bonchev–Trinajstić information content (AvgIpc) is 3.05. The number of rotatable bonds is 5. The van der Waals surface area contributed by atoms with Gasteiger partial charge in [-0.3, -0.25) is 9.89 Å². The maximum atomic E-state index is 5.90. The molecule has 0 aromatic carbocycles. The van der Waals surface area contributed by atoms with Gasteiger partial charge in [-0.05, 0) is 12.3 Å². The molecule has 3 rings (SSSR count). The summed E-state index contributed by atoms with van der Waals surface area (Å²) >= 11 is 0. The average molecular weight is 353 g/mol. The fourth-order valence-electron chi connectivity index (χ4n) is 4.86. The van der Waals surface area contributed by atoms with Crippen molar-refractivity contribution in [2.45, 2.75) is 52.3 Å². The SMILES string of the molecule is CN=C(NCC(C(C)C)N1CCOCC1)NC1C2CCOC2C1(C)C. The van der Waals surface area contributed by atoms with Crippen LogP contribution in [-0.4, -0.2) is 75.5 Å². The third-order valence-electron chi connectivity index (χ3n) is 6.38. The second-order valence-electron chi connectivity index (χ2n) is 8.60. The van der Waals surface area contributed by atoms with Gasteiger partial charge in [-0.25, -0.2) is 0 Å². The second-order valence-corrected chi connectivity index (χ2v) is 8.60. The summed E-state index contributed by atoms with van der Waals surface area (Å²) in [5.74, 6) is 2.13. The van der Waals surface area contributed by atoms with E-state index in [1.807, 2.05) is 7.05 Å². The summed E-state index contributed by atoms with van der Waals surface area (Å²) in [5.41, 5.74) is 0.167. The highest BCUT2D eigenvalue weighted by Gasteiger charge is 2.59. The molecular weight excluding hydrogens is 316 g/mol. The number of aliphatic imine (C=N–C) groups is 1. The lowest BCUT2D eigenvalue weighted by Gasteiger charge is -2.55. The molecule has 0 amide bonds. The Morgan fingerprint density at radius 2 is 1.96 bits per heavy atom. The Bertz CT molecular complexity index is 474. The van der Waals surface area contributed by atoms with E-state index in [1.54, 1.807) is 0 Å². The fourth-order valence-corrected chi connectivity index (χ4v) is 4.86. The van der Waals surface area contributed by atoms with Crippen LogP contribution in [0.4, 0.5) is 0 Å². The van der Waals surface area contributed by atoms with E-state index in [2.05, 4.69) is 48.2 Å². The number of hydrogen-bond acceptors (Lipinski definition) is 4. The van der Waals surface area contributed by atoms with Crippen molar-refractivity contribution in [1.82, 2.24) is 15.5 Å². The van der Waals surface area contributed by atoms with E-state index in [0.717, 1.165) is 51.8 Å². The Hall–Kier alpha value is -0.850. The van der Waals surface area contributed by atoms with Crippen LogP contribution in [0, 0.1) is 17.3 Å². The molecule has 0 bridgehead atoms. The van der Waals surface area contributed by atoms with Crippen molar-refractivity contribution < 1.29 is 9.47 Å². The fraction of sp³-hybridized carbons (Fsp3) is 0.947. The normalized spacial score (nSPS) is 33.7. The van der Waals surface area contributed by atoms with Crippen LogP contribution in [0.1, 0.15) is 34.1 Å². The van der Waals surface area contributed by atoms with Gasteiger partial charge in [-0.15, -0.1) is 0 Å². The zero-order chi connectivity index (χ0) is 18.0. The van der Waals surface area contributed by atoms with Gasteiger partial charge in [0.2, 0.25) is 0 Å². The summed E-state index contributed by atoms with van der Waals surface area (Å²) < 4.78 is 11.4. The Morgan fingerprint density at radius 3 is 2.60 bits per heavy atom. The Labute approximate surface area is 152 Å². The molecule has 0 aromatic rings. The third-order valence-corrected chi connectivity index (χ3v) is 6.38. The van der Waals surface area contributed by atoms with Gasteiger partial charge in [0, 0.05) is 56.7 Å². The minimum absolute atomic E-state index is 0.167. The lowest BCUT2D eigenvalue weighted by Crippen LogP contribution is -2.68. The molecule has 4 unspecified atom stereocenters. The number of nitrogens with zero attached hydrogens (tertiary/aromatic N) is 2. The zero-order valence-electron chi connectivity index (χ0n) is 16.5. The smallest absolute Gasteiger partial charge is 0.191 e. The number of guanidine groups is 1. The number of nitrogens with one attached hydrogen (secondary N) is 2. The number of hydrogen-bond donors (Lipinski definition) is 2. The Balaban J connectivity index is 1.55. The highest BCUT2D eigenvalue weighted by molar-refractivity contribution is 5.80. The maximum Gasteiger partial charge on any atom is 0.191 e. The Kier molecular flexibility index (Phi) is 5.91. The zero-order valence-corrected chi connectivity index (χ0v) is 16.5. The lowest BCUT2D eigenvalue weighted by atomic mass is 9.57. The van der Waals surface area contributed by atoms with Gasteiger partial charge in [0.1, 0.15) is 0 Å². The van der Waals surface area contributed by atoms with Crippen LogP contribution in [0.3, 0.4) is 0 Å². The monoisotopic (exact) mass is 352 g/mol. The quantitative estimate of drug-likeness (QED) is 0.577. The highest BCUT2D eigenvalue weighted by Crippen LogP contribution is 2.52. The second kappa shape index (κ2) is 7.80. The van der Waals surface area contributed by atoms with E-state index in [9.17, 15) is 0 Å². The molecule has 1 saturated carbocycles. The molecule has 2 N–H and O–H groups in total. The molecule has 6 nitrogen and oxygen atoms in total. The number of ether oxygens (including phenoxy) is 2. The van der Waals surface area contributed by atoms with Gasteiger partial charge in [0.15, 0.2) is 5.96 Å². The standard InChI is InChI=1S/C19H36N4O2/c1-13(2)15(23-7-10-24-11-8-23)12-21-18(20-5)22-16-14-6-9-25-17(14)19(16,3)4/h13-17H,6-12H2,1-5H3,(H2,20,21,22). The van der Waals surface area contributed by atoms with Crippen molar-refractivity contribution in [1.29, 1.82) is 0 Å². The summed E-state index contributed by atoms with van der Waals surface area (Å²) in [6.45, 7) is 14.7. The molecule has 0 radical (unpaired) electrons. The molecule has 25 heavy (non-hydrogen) atoms. The summed E-state index contributed by atoms with van der Waals surface area (Å²) in [4.78, 5) is 7.02. The first-order valence-electron chi connectivity index (χ1n) is 9.85. The van der Waals surface area contributed by atoms with Crippen LogP contribution in [0.15, 0.2) is 4.99 Å². The van der Waals surface area contributed by atoms with E-state index in [-0.39, 0.29) is 5.41 Å². The molecule has 0 spiro atoms. The first kappa shape index (κ1) is 18.9. The molecular formula is C19H36N4O2. The summed E-state index contributed by atoms with van der Waals surface area (Å²) in [7, 11) is 1.86. The molecule has 144 valence electrons. The predicted molar refractivity (Wildman–Crippen MR) is 101 cm³/mol. The molecule has 0 aromatic heterocycles. The number of morpholine rings is 1. The largest absolute Gasteiger partial charge is 0.379 e. The lowest BCUT2D eigenvalue weighted by molar-refractivity contribution is -0.106. The van der Waals surface area contributed by atoms with Crippen molar-refractivity contribution >= 4 is 5.96 Å². The van der Waals surface area contributed by atoms with Gasteiger partial charge >= 0.3 is 0 Å². The van der Waals surface area contributed by atoms with E-state index in [0.29, 0.717) is 30.0 Å². The van der Waals surface area contributed by atoms with E-state index < -0.39 is 0 Å². The van der Waals surface area contributed by atoms with Crippen LogP contribution in [0.25, 0.3) is 0 Å². The summed E-state index contributed by atoms with van der Waals surface area (Å²) in [6, 6.07) is 0.937. The van der Waals surface area contributed by atoms with Crippen LogP contribution < -0.4 is 10.6 Å². The van der Waals surface area contributed by atoms with Crippen LogP contribution in [0.2, 0.25) is 0 Å². The minimum atomic E-state index is 0.167. The maximum absolute atomic E-state index is 5.90. The van der Waals surface area contributed by atoms with E-state index in [1.165, 1.54) is 0 Å². The van der Waals surface area contributed by atoms with Crippen molar-refractivity contribution in [2.24, 2.45) is 22.2 Å². The first-order valence-corrected chi connectivity index (χ1v) is 9.85. The molecule has 2 saturated heterocycles. The molecule has 3 fully saturated rings. The highest BCUT2D eigenvalue weighted by atomic mass is 16.5. The van der Waals surface area contributed by atoms with E-state index in [4.69, 9.17) is 9.47 Å². The summed E-state index contributed by atoms with van der Waals surface area (Å²) in [5, 5.41) is 7.26. The number of fused-ring (bicyclic) bond motifs is 1. The molecule has 2 heterocycles. The molecule has 3 aliphatic rings. The van der Waals surface area contributed by atoms with Gasteiger partial charge in [-0.2, -0.15) is 0 Å². The van der Waals surface area contributed by atoms with Gasteiger partial charge in [-0.1, -0.05) is 27.7 Å². The minimum Gasteiger partial charge on any atom is -0.379 e. The molecule has 2 aliphatic heterocycles. The Morgan fingerprint density at radius 1 is 1.24 bits per heavy atom. The van der Waals surface area contributed by atoms with Gasteiger partial charge in [0.05, 0.1) is 19.3 Å². The topological polar surface area (TPSA) is 58.1 Å².